The fourth-order valence-corrected chi connectivity index (χ4v) is 1.79. The van der Waals surface area contributed by atoms with Gasteiger partial charge in [0.2, 0.25) is 0 Å². The maximum atomic E-state index is 11.6. The van der Waals surface area contributed by atoms with Gasteiger partial charge in [0, 0.05) is 19.7 Å². The van der Waals surface area contributed by atoms with E-state index in [1.54, 1.807) is 0 Å². The Morgan fingerprint density at radius 3 is 2.29 bits per heavy atom. The van der Waals surface area contributed by atoms with Crippen LogP contribution >= 0.6 is 0 Å². The molecule has 0 aromatic rings. The summed E-state index contributed by atoms with van der Waals surface area (Å²) in [6, 6.07) is 0. The molecule has 0 aliphatic carbocycles. The lowest BCUT2D eigenvalue weighted by Crippen LogP contribution is -2.31. The fourth-order valence-electron chi connectivity index (χ4n) is 1.79. The molecule has 2 N–H and O–H groups in total. The zero-order chi connectivity index (χ0) is 15.8. The Bertz CT molecular complexity index is 240. The number of unbranched alkanes of at least 4 members (excludes halogenated alkanes) is 1. The van der Waals surface area contributed by atoms with Crippen molar-refractivity contribution >= 4 is 5.97 Å². The van der Waals surface area contributed by atoms with E-state index in [9.17, 15) is 4.79 Å². The lowest BCUT2D eigenvalue weighted by atomic mass is 10.3. The largest absolute Gasteiger partial charge is 0.466 e. The van der Waals surface area contributed by atoms with Crippen LogP contribution in [0.15, 0.2) is 0 Å². The van der Waals surface area contributed by atoms with E-state index in [0.717, 1.165) is 25.8 Å². The van der Waals surface area contributed by atoms with Crippen LogP contribution in [0.5, 0.6) is 0 Å². The first-order valence-electron chi connectivity index (χ1n) is 7.49. The molecule has 21 heavy (non-hydrogen) atoms. The molecule has 0 aliphatic heterocycles. The minimum Gasteiger partial charge on any atom is -0.466 e. The molecule has 0 aliphatic rings. The average Bonchev–Trinajstić information content (AvgIpc) is 2.48. The number of hydrogen-bond acceptors (Lipinski definition) is 7. The number of ether oxygens (including phenoxy) is 3. The summed E-state index contributed by atoms with van der Waals surface area (Å²) in [6.07, 6.45) is 2.84. The second-order valence-electron chi connectivity index (χ2n) is 4.59. The van der Waals surface area contributed by atoms with Gasteiger partial charge in [-0.1, -0.05) is 6.92 Å². The van der Waals surface area contributed by atoms with Gasteiger partial charge >= 0.3 is 5.97 Å². The average molecular weight is 307 g/mol. The summed E-state index contributed by atoms with van der Waals surface area (Å²) in [5.41, 5.74) is 0. The number of carbonyl (C=O) groups is 1. The van der Waals surface area contributed by atoms with E-state index in [-0.39, 0.29) is 19.6 Å². The summed E-state index contributed by atoms with van der Waals surface area (Å²) >= 11 is 0. The predicted molar refractivity (Wildman–Crippen MR) is 77.6 cm³/mol. The van der Waals surface area contributed by atoms with Gasteiger partial charge in [-0.2, -0.15) is 0 Å². The van der Waals surface area contributed by atoms with Crippen molar-refractivity contribution in [1.82, 2.24) is 4.90 Å². The summed E-state index contributed by atoms with van der Waals surface area (Å²) in [7, 11) is 0. The number of nitrogens with zero attached hydrogens (tertiary/aromatic N) is 1. The van der Waals surface area contributed by atoms with Crippen molar-refractivity contribution in [1.29, 1.82) is 0 Å². The van der Waals surface area contributed by atoms with Crippen LogP contribution in [0.2, 0.25) is 0 Å². The Morgan fingerprint density at radius 1 is 0.952 bits per heavy atom. The van der Waals surface area contributed by atoms with Crippen LogP contribution in [0.4, 0.5) is 0 Å². The summed E-state index contributed by atoms with van der Waals surface area (Å²) in [5.74, 6) is -0.206. The first-order valence-corrected chi connectivity index (χ1v) is 7.49. The minimum atomic E-state index is -0.276. The van der Waals surface area contributed by atoms with E-state index in [2.05, 4.69) is 11.8 Å². The molecule has 0 atom stereocenters. The van der Waals surface area contributed by atoms with Gasteiger partial charge < -0.3 is 29.3 Å². The Kier molecular flexibility index (Phi) is 15.1. The molecule has 0 spiro atoms. The zero-order valence-corrected chi connectivity index (χ0v) is 13.0. The van der Waals surface area contributed by atoms with Crippen molar-refractivity contribution in [2.45, 2.75) is 32.6 Å². The molecule has 0 aromatic heterocycles. The summed E-state index contributed by atoms with van der Waals surface area (Å²) < 4.78 is 14.8. The number of carbonyl (C=O) groups excluding carboxylic acids is 1. The smallest absolute Gasteiger partial charge is 0.307 e. The van der Waals surface area contributed by atoms with Crippen LogP contribution in [0.3, 0.4) is 0 Å². The third-order valence-corrected chi connectivity index (χ3v) is 2.85. The first kappa shape index (κ1) is 20.3. The summed E-state index contributed by atoms with van der Waals surface area (Å²) in [6.45, 7) is 5.06. The van der Waals surface area contributed by atoms with Gasteiger partial charge in [-0.25, -0.2) is 0 Å². The molecule has 0 amide bonds. The molecular formula is C14H29NO6. The highest BCUT2D eigenvalue weighted by Crippen LogP contribution is 1.98. The van der Waals surface area contributed by atoms with Crippen molar-refractivity contribution in [3.05, 3.63) is 0 Å². The quantitative estimate of drug-likeness (QED) is 0.256. The highest BCUT2D eigenvalue weighted by molar-refractivity contribution is 5.69. The molecule has 0 bridgehead atoms. The maximum Gasteiger partial charge on any atom is 0.307 e. The molecule has 7 heteroatoms. The lowest BCUT2D eigenvalue weighted by Gasteiger charge is -2.20. The maximum absolute atomic E-state index is 11.6. The standard InChI is InChI=1S/C14H29NO6/c1-2-6-15(8-11-20-13-17)7-5-14(18)21-10-4-3-9-19-12-16/h16-17H,2-13H2,1H3. The van der Waals surface area contributed by atoms with E-state index < -0.39 is 0 Å². The molecule has 0 radical (unpaired) electrons. The number of esters is 1. The third-order valence-electron chi connectivity index (χ3n) is 2.85. The van der Waals surface area contributed by atoms with Crippen LogP contribution in [0.25, 0.3) is 0 Å². The molecule has 0 heterocycles. The van der Waals surface area contributed by atoms with Crippen molar-refractivity contribution in [2.24, 2.45) is 0 Å². The molecule has 0 fully saturated rings. The number of aliphatic hydroxyl groups is 2. The molecule has 0 unspecified atom stereocenters. The van der Waals surface area contributed by atoms with Gasteiger partial charge in [0.25, 0.3) is 0 Å². The monoisotopic (exact) mass is 307 g/mol. The van der Waals surface area contributed by atoms with E-state index in [1.165, 1.54) is 0 Å². The van der Waals surface area contributed by atoms with Crippen molar-refractivity contribution in [3.8, 4) is 0 Å². The normalized spacial score (nSPS) is 11.0. The minimum absolute atomic E-state index is 0.206. The van der Waals surface area contributed by atoms with Gasteiger partial charge in [0.15, 0.2) is 0 Å². The van der Waals surface area contributed by atoms with Crippen molar-refractivity contribution < 1.29 is 29.2 Å². The molecular weight excluding hydrogens is 278 g/mol. The van der Waals surface area contributed by atoms with Crippen LogP contribution in [0, 0.1) is 0 Å². The highest BCUT2D eigenvalue weighted by atomic mass is 16.6. The lowest BCUT2D eigenvalue weighted by molar-refractivity contribution is -0.144. The predicted octanol–water partition coefficient (Wildman–Crippen LogP) is 0.345. The molecule has 0 aromatic carbocycles. The molecule has 7 nitrogen and oxygen atoms in total. The molecule has 126 valence electrons. The van der Waals surface area contributed by atoms with E-state index >= 15 is 0 Å². The molecule has 0 saturated carbocycles. The zero-order valence-electron chi connectivity index (χ0n) is 13.0. The number of hydrogen-bond donors (Lipinski definition) is 2. The van der Waals surface area contributed by atoms with Gasteiger partial charge in [-0.3, -0.25) is 4.79 Å². The second kappa shape index (κ2) is 15.7. The van der Waals surface area contributed by atoms with Crippen LogP contribution in [-0.4, -0.2) is 74.1 Å². The summed E-state index contributed by atoms with van der Waals surface area (Å²) in [4.78, 5) is 13.7. The van der Waals surface area contributed by atoms with Gasteiger partial charge in [-0.15, -0.1) is 0 Å². The van der Waals surface area contributed by atoms with Crippen LogP contribution < -0.4 is 0 Å². The van der Waals surface area contributed by atoms with Crippen LogP contribution in [0.1, 0.15) is 32.6 Å². The Hall–Kier alpha value is -0.730. The van der Waals surface area contributed by atoms with Crippen LogP contribution in [-0.2, 0) is 19.0 Å². The first-order chi connectivity index (χ1) is 10.2. The van der Waals surface area contributed by atoms with Gasteiger partial charge in [-0.05, 0) is 25.8 Å². The second-order valence-corrected chi connectivity index (χ2v) is 4.59. The number of rotatable bonds is 15. The molecule has 0 saturated heterocycles. The summed E-state index contributed by atoms with van der Waals surface area (Å²) in [5, 5.41) is 17.0. The van der Waals surface area contributed by atoms with E-state index in [1.807, 2.05) is 0 Å². The Balaban J connectivity index is 3.61. The SMILES string of the molecule is CCCN(CCOCO)CCC(=O)OCCCCOCO. The number of aliphatic hydroxyl groups excluding tert-OH is 2. The highest BCUT2D eigenvalue weighted by Gasteiger charge is 2.08. The topological polar surface area (TPSA) is 88.5 Å². The Labute approximate surface area is 126 Å². The van der Waals surface area contributed by atoms with Gasteiger partial charge in [0.05, 0.1) is 19.6 Å². The Morgan fingerprint density at radius 2 is 1.62 bits per heavy atom. The fraction of sp³-hybridized carbons (Fsp3) is 0.929. The third kappa shape index (κ3) is 14.0. The van der Waals surface area contributed by atoms with E-state index in [4.69, 9.17) is 24.4 Å². The molecule has 0 rings (SSSR count). The van der Waals surface area contributed by atoms with E-state index in [0.29, 0.717) is 39.3 Å². The van der Waals surface area contributed by atoms with Gasteiger partial charge in [0.1, 0.15) is 13.6 Å². The van der Waals surface area contributed by atoms with Crippen molar-refractivity contribution in [2.75, 3.05) is 53.0 Å². The van der Waals surface area contributed by atoms with Crippen molar-refractivity contribution in [3.63, 3.8) is 0 Å².